The highest BCUT2D eigenvalue weighted by Crippen LogP contribution is 2.26. The van der Waals surface area contributed by atoms with Gasteiger partial charge in [0.2, 0.25) is 0 Å². The van der Waals surface area contributed by atoms with E-state index in [1.54, 1.807) is 10.4 Å². The van der Waals surface area contributed by atoms with E-state index in [0.717, 1.165) is 6.42 Å². The Hall–Kier alpha value is -0.733. The minimum absolute atomic E-state index is 1.12. The summed E-state index contributed by atoms with van der Waals surface area (Å²) in [4.78, 5) is 1.51. The van der Waals surface area contributed by atoms with Gasteiger partial charge in [-0.25, -0.2) is 0 Å². The van der Waals surface area contributed by atoms with Crippen LogP contribution in [0.4, 0.5) is 0 Å². The molecule has 0 bridgehead atoms. The van der Waals surface area contributed by atoms with E-state index in [4.69, 9.17) is 0 Å². The van der Waals surface area contributed by atoms with Gasteiger partial charge in [0.1, 0.15) is 8.07 Å². The van der Waals surface area contributed by atoms with Crippen molar-refractivity contribution < 1.29 is 0 Å². The summed E-state index contributed by atoms with van der Waals surface area (Å²) in [6, 6.07) is 9.05. The number of benzene rings is 1. The van der Waals surface area contributed by atoms with E-state index in [2.05, 4.69) is 62.5 Å². The minimum atomic E-state index is -1.50. The van der Waals surface area contributed by atoms with Crippen molar-refractivity contribution in [3.63, 3.8) is 0 Å². The highest BCUT2D eigenvalue weighted by Gasteiger charge is 2.29. The van der Waals surface area contributed by atoms with Crippen molar-refractivity contribution in [1.29, 1.82) is 0 Å². The van der Waals surface area contributed by atoms with Crippen molar-refractivity contribution in [2.75, 3.05) is 5.75 Å². The van der Waals surface area contributed by atoms with Crippen LogP contribution >= 0.6 is 11.8 Å². The standard InChI is InChI=1S/C17H24SSi/c1-4-5-14-18-16-12-8-9-13-17(16)19(2,3)15-10-6-7-11-15/h6,8-13H,4-5,7,14H2,1-3H3. The molecular formula is C17H24SSi. The Kier molecular flexibility index (Phi) is 5.11. The molecule has 2 heteroatoms. The maximum absolute atomic E-state index is 2.48. The molecule has 0 amide bonds. The molecule has 0 aromatic heterocycles. The molecule has 0 saturated carbocycles. The van der Waals surface area contributed by atoms with Gasteiger partial charge in [-0.15, -0.1) is 11.8 Å². The van der Waals surface area contributed by atoms with Gasteiger partial charge < -0.3 is 0 Å². The van der Waals surface area contributed by atoms with E-state index < -0.39 is 8.07 Å². The average Bonchev–Trinajstić information content (AvgIpc) is 2.94. The van der Waals surface area contributed by atoms with Crippen LogP contribution in [0.3, 0.4) is 0 Å². The molecule has 0 radical (unpaired) electrons. The molecule has 1 aliphatic rings. The third-order valence-corrected chi connectivity index (χ3v) is 8.75. The predicted molar refractivity (Wildman–Crippen MR) is 91.0 cm³/mol. The summed E-state index contributed by atoms with van der Waals surface area (Å²) in [5.74, 6) is 1.24. The molecule has 0 nitrogen and oxygen atoms in total. The number of hydrogen-bond acceptors (Lipinski definition) is 1. The molecule has 2 rings (SSSR count). The molecule has 19 heavy (non-hydrogen) atoms. The topological polar surface area (TPSA) is 0 Å². The predicted octanol–water partition coefficient (Wildman–Crippen LogP) is 4.92. The first-order valence-electron chi connectivity index (χ1n) is 7.25. The third-order valence-electron chi connectivity index (χ3n) is 3.81. The maximum Gasteiger partial charge on any atom is 0.113 e. The highest BCUT2D eigenvalue weighted by atomic mass is 32.2. The van der Waals surface area contributed by atoms with Gasteiger partial charge in [-0.1, -0.05) is 68.1 Å². The van der Waals surface area contributed by atoms with Gasteiger partial charge in [0.25, 0.3) is 0 Å². The van der Waals surface area contributed by atoms with E-state index in [-0.39, 0.29) is 0 Å². The summed E-state index contributed by atoms with van der Waals surface area (Å²) in [5, 5.41) is 3.20. The van der Waals surface area contributed by atoms with Crippen molar-refractivity contribution in [1.82, 2.24) is 0 Å². The van der Waals surface area contributed by atoms with E-state index in [9.17, 15) is 0 Å². The van der Waals surface area contributed by atoms with Gasteiger partial charge in [-0.05, 0) is 29.8 Å². The summed E-state index contributed by atoms with van der Waals surface area (Å²) in [5.41, 5.74) is 0. The quantitative estimate of drug-likeness (QED) is 0.407. The van der Waals surface area contributed by atoms with Crippen LogP contribution in [0.25, 0.3) is 0 Å². The minimum Gasteiger partial charge on any atom is -0.126 e. The molecule has 1 aromatic rings. The molecule has 0 atom stereocenters. The Morgan fingerprint density at radius 2 is 2.00 bits per heavy atom. The molecule has 0 aliphatic heterocycles. The van der Waals surface area contributed by atoms with E-state index >= 15 is 0 Å². The van der Waals surface area contributed by atoms with Crippen molar-refractivity contribution in [2.24, 2.45) is 0 Å². The Bertz CT molecular complexity index is 486. The summed E-state index contributed by atoms with van der Waals surface area (Å²) in [6.45, 7) is 7.22. The molecule has 0 fully saturated rings. The molecule has 1 aliphatic carbocycles. The molecule has 0 spiro atoms. The number of thioether (sulfide) groups is 1. The van der Waals surface area contributed by atoms with E-state index in [0.29, 0.717) is 0 Å². The van der Waals surface area contributed by atoms with Crippen LogP contribution in [0.2, 0.25) is 13.1 Å². The van der Waals surface area contributed by atoms with Crippen LogP contribution < -0.4 is 5.19 Å². The first-order valence-corrected chi connectivity index (χ1v) is 11.2. The molecule has 0 saturated heterocycles. The lowest BCUT2D eigenvalue weighted by molar-refractivity contribution is 0.896. The summed E-state index contributed by atoms with van der Waals surface area (Å²) < 4.78 is 0. The van der Waals surface area contributed by atoms with Crippen LogP contribution in [-0.4, -0.2) is 13.8 Å². The molecule has 0 N–H and O–H groups in total. The second-order valence-electron chi connectivity index (χ2n) is 5.62. The van der Waals surface area contributed by atoms with Crippen molar-refractivity contribution in [3.05, 3.63) is 47.7 Å². The monoisotopic (exact) mass is 288 g/mol. The molecule has 0 heterocycles. The number of hydrogen-bond donors (Lipinski definition) is 0. The van der Waals surface area contributed by atoms with E-state index in [1.807, 2.05) is 11.8 Å². The molecular weight excluding hydrogens is 264 g/mol. The van der Waals surface area contributed by atoms with Gasteiger partial charge in [-0.2, -0.15) is 0 Å². The second-order valence-corrected chi connectivity index (χ2v) is 11.1. The van der Waals surface area contributed by atoms with Gasteiger partial charge in [0.05, 0.1) is 0 Å². The fraction of sp³-hybridized carbons (Fsp3) is 0.412. The summed E-state index contributed by atoms with van der Waals surface area (Å²) in [7, 11) is -1.50. The summed E-state index contributed by atoms with van der Waals surface area (Å²) in [6.07, 6.45) is 10.8. The van der Waals surface area contributed by atoms with Crippen molar-refractivity contribution in [2.45, 2.75) is 44.2 Å². The van der Waals surface area contributed by atoms with Crippen LogP contribution in [0.5, 0.6) is 0 Å². The Morgan fingerprint density at radius 3 is 2.68 bits per heavy atom. The number of allylic oxidation sites excluding steroid dienone is 4. The maximum atomic E-state index is 2.48. The van der Waals surface area contributed by atoms with Gasteiger partial charge in [0.15, 0.2) is 0 Å². The van der Waals surface area contributed by atoms with Crippen LogP contribution in [0, 0.1) is 0 Å². The van der Waals surface area contributed by atoms with Gasteiger partial charge in [-0.3, -0.25) is 0 Å². The zero-order chi connectivity index (χ0) is 13.7. The smallest absolute Gasteiger partial charge is 0.113 e. The normalized spacial score (nSPS) is 14.8. The fourth-order valence-corrected chi connectivity index (χ4v) is 7.23. The van der Waals surface area contributed by atoms with Gasteiger partial charge >= 0.3 is 0 Å². The fourth-order valence-electron chi connectivity index (χ4n) is 2.51. The SMILES string of the molecule is CCCCSc1ccccc1[Si](C)(C)C1=CCC=C1. The van der Waals surface area contributed by atoms with E-state index in [1.165, 1.54) is 23.5 Å². The van der Waals surface area contributed by atoms with Crippen LogP contribution in [-0.2, 0) is 0 Å². The highest BCUT2D eigenvalue weighted by molar-refractivity contribution is 7.99. The number of unbranched alkanes of at least 4 members (excludes halogenated alkanes) is 1. The van der Waals surface area contributed by atoms with Crippen molar-refractivity contribution in [3.8, 4) is 0 Å². The Labute approximate surface area is 123 Å². The van der Waals surface area contributed by atoms with Crippen molar-refractivity contribution >= 4 is 25.0 Å². The Morgan fingerprint density at radius 1 is 1.21 bits per heavy atom. The first kappa shape index (κ1) is 14.7. The third kappa shape index (κ3) is 3.43. The lowest BCUT2D eigenvalue weighted by Gasteiger charge is -2.26. The van der Waals surface area contributed by atoms with Gasteiger partial charge in [0, 0.05) is 4.90 Å². The van der Waals surface area contributed by atoms with Crippen LogP contribution in [0.1, 0.15) is 26.2 Å². The zero-order valence-corrected chi connectivity index (χ0v) is 14.1. The van der Waals surface area contributed by atoms with Crippen LogP contribution in [0.15, 0.2) is 52.6 Å². The first-order chi connectivity index (χ1) is 9.16. The molecule has 0 unspecified atom stereocenters. The lowest BCUT2D eigenvalue weighted by atomic mass is 10.4. The number of rotatable bonds is 6. The zero-order valence-electron chi connectivity index (χ0n) is 12.3. The molecule has 1 aromatic carbocycles. The lowest BCUT2D eigenvalue weighted by Crippen LogP contribution is -2.44. The average molecular weight is 289 g/mol. The molecule has 102 valence electrons. The largest absolute Gasteiger partial charge is 0.126 e. The Balaban J connectivity index is 2.25. The summed E-state index contributed by atoms with van der Waals surface area (Å²) >= 11 is 2.04. The second kappa shape index (κ2) is 6.62.